The van der Waals surface area contributed by atoms with Crippen molar-refractivity contribution in [2.45, 2.75) is 19.0 Å². The molecule has 0 bridgehead atoms. The van der Waals surface area contributed by atoms with Crippen LogP contribution >= 0.6 is 0 Å². The van der Waals surface area contributed by atoms with Gasteiger partial charge in [0, 0.05) is 0 Å². The molecule has 0 fully saturated rings. The van der Waals surface area contributed by atoms with Crippen molar-refractivity contribution in [3.05, 3.63) is 108 Å². The molecule has 2 atom stereocenters. The number of carbonyl (C=O) groups is 1. The number of rotatable bonds is 7. The van der Waals surface area contributed by atoms with Crippen LogP contribution in [0.1, 0.15) is 35.9 Å². The lowest BCUT2D eigenvalue weighted by atomic mass is 9.99. The van der Waals surface area contributed by atoms with Crippen LogP contribution in [-0.2, 0) is 4.79 Å². The first-order chi connectivity index (χ1) is 14.2. The summed E-state index contributed by atoms with van der Waals surface area (Å²) in [7, 11) is 0. The maximum Gasteiger partial charge on any atom is 0.234 e. The summed E-state index contributed by atoms with van der Waals surface area (Å²) in [5.41, 5.74) is 2.17. The normalized spacial score (nSPS) is 13.1. The van der Waals surface area contributed by atoms with Gasteiger partial charge in [0.05, 0.1) is 24.9 Å². The van der Waals surface area contributed by atoms with Gasteiger partial charge in [-0.05, 0) is 41.0 Å². The number of amides is 1. The largest absolute Gasteiger partial charge is 0.467 e. The van der Waals surface area contributed by atoms with Crippen molar-refractivity contribution in [2.24, 2.45) is 0 Å². The molecule has 1 aromatic heterocycles. The fraction of sp³-hybridized carbons (Fsp3) is 0.160. The highest BCUT2D eigenvalue weighted by atomic mass is 16.3. The molecule has 4 rings (SSSR count). The molecule has 0 saturated carbocycles. The molecule has 1 amide bonds. The fourth-order valence-electron chi connectivity index (χ4n) is 3.68. The SMILES string of the molecule is C[C@H](NC(=O)CN[C@H](c1ccccc1)c1ccco1)c1cccc2ccccc12. The Hall–Kier alpha value is -3.37. The van der Waals surface area contributed by atoms with Gasteiger partial charge in [-0.1, -0.05) is 72.8 Å². The monoisotopic (exact) mass is 384 g/mol. The predicted octanol–water partition coefficient (Wildman–Crippen LogP) is 4.99. The van der Waals surface area contributed by atoms with Gasteiger partial charge in [0.25, 0.3) is 0 Å². The molecule has 0 saturated heterocycles. The summed E-state index contributed by atoms with van der Waals surface area (Å²) in [5.74, 6) is 0.726. The van der Waals surface area contributed by atoms with Crippen molar-refractivity contribution in [1.29, 1.82) is 0 Å². The second-order valence-electron chi connectivity index (χ2n) is 7.10. The van der Waals surface area contributed by atoms with E-state index >= 15 is 0 Å². The van der Waals surface area contributed by atoms with Gasteiger partial charge in [-0.25, -0.2) is 0 Å². The molecule has 2 N–H and O–H groups in total. The minimum absolute atomic E-state index is 0.0575. The third kappa shape index (κ3) is 4.39. The van der Waals surface area contributed by atoms with Crippen LogP contribution in [0.5, 0.6) is 0 Å². The van der Waals surface area contributed by atoms with E-state index in [2.05, 4.69) is 34.9 Å². The molecule has 4 nitrogen and oxygen atoms in total. The van der Waals surface area contributed by atoms with Crippen LogP contribution < -0.4 is 10.6 Å². The number of nitrogens with one attached hydrogen (secondary N) is 2. The molecular formula is C25H24N2O2. The third-order valence-corrected chi connectivity index (χ3v) is 5.09. The third-order valence-electron chi connectivity index (χ3n) is 5.09. The molecular weight excluding hydrogens is 360 g/mol. The van der Waals surface area contributed by atoms with E-state index in [0.29, 0.717) is 0 Å². The van der Waals surface area contributed by atoms with Gasteiger partial charge in [-0.2, -0.15) is 0 Å². The molecule has 0 spiro atoms. The summed E-state index contributed by atoms with van der Waals surface area (Å²) in [4.78, 5) is 12.7. The standard InChI is InChI=1S/C25H24N2O2/c1-18(21-14-7-12-19-9-5-6-13-22(19)21)27-24(28)17-26-25(23-15-8-16-29-23)20-10-3-2-4-11-20/h2-16,18,25-26H,17H2,1H3,(H,27,28)/t18-,25+/m0/s1. The van der Waals surface area contributed by atoms with Crippen molar-refractivity contribution in [3.63, 3.8) is 0 Å². The first kappa shape index (κ1) is 19.0. The molecule has 4 aromatic rings. The van der Waals surface area contributed by atoms with Gasteiger partial charge in [-0.3, -0.25) is 10.1 Å². The van der Waals surface area contributed by atoms with Crippen molar-refractivity contribution < 1.29 is 9.21 Å². The Balaban J connectivity index is 1.45. The van der Waals surface area contributed by atoms with Crippen LogP contribution in [0, 0.1) is 0 Å². The maximum atomic E-state index is 12.7. The average Bonchev–Trinajstić information content (AvgIpc) is 3.29. The molecule has 29 heavy (non-hydrogen) atoms. The van der Waals surface area contributed by atoms with E-state index < -0.39 is 0 Å². The summed E-state index contributed by atoms with van der Waals surface area (Å²) in [6.07, 6.45) is 1.65. The highest BCUT2D eigenvalue weighted by Crippen LogP contribution is 2.24. The Morgan fingerprint density at radius 2 is 1.66 bits per heavy atom. The van der Waals surface area contributed by atoms with E-state index in [4.69, 9.17) is 4.42 Å². The summed E-state index contributed by atoms with van der Waals surface area (Å²) in [6.45, 7) is 2.20. The van der Waals surface area contributed by atoms with Crippen LogP contribution in [0.4, 0.5) is 0 Å². The van der Waals surface area contributed by atoms with Crippen molar-refractivity contribution in [3.8, 4) is 0 Å². The number of benzene rings is 3. The summed E-state index contributed by atoms with van der Waals surface area (Å²) < 4.78 is 5.59. The molecule has 0 unspecified atom stereocenters. The zero-order valence-electron chi connectivity index (χ0n) is 16.3. The molecule has 4 heteroatoms. The minimum Gasteiger partial charge on any atom is -0.467 e. The maximum absolute atomic E-state index is 12.7. The van der Waals surface area contributed by atoms with Gasteiger partial charge in [-0.15, -0.1) is 0 Å². The van der Waals surface area contributed by atoms with E-state index in [1.165, 1.54) is 5.39 Å². The smallest absolute Gasteiger partial charge is 0.234 e. The summed E-state index contributed by atoms with van der Waals surface area (Å²) in [5, 5.41) is 8.77. The lowest BCUT2D eigenvalue weighted by Crippen LogP contribution is -2.37. The molecule has 0 aliphatic carbocycles. The van der Waals surface area contributed by atoms with Crippen LogP contribution in [0.2, 0.25) is 0 Å². The van der Waals surface area contributed by atoms with Gasteiger partial charge in [0.1, 0.15) is 5.76 Å². The Bertz CT molecular complexity index is 1070. The average molecular weight is 384 g/mol. The number of carbonyl (C=O) groups excluding carboxylic acids is 1. The lowest BCUT2D eigenvalue weighted by molar-refractivity contribution is -0.121. The highest BCUT2D eigenvalue weighted by molar-refractivity contribution is 5.87. The summed E-state index contributed by atoms with van der Waals surface area (Å²) in [6, 6.07) is 27.9. The lowest BCUT2D eigenvalue weighted by Gasteiger charge is -2.20. The quantitative estimate of drug-likeness (QED) is 0.472. The number of hydrogen-bond donors (Lipinski definition) is 2. The van der Waals surface area contributed by atoms with Crippen LogP contribution in [0.15, 0.2) is 95.6 Å². The van der Waals surface area contributed by atoms with Crippen LogP contribution in [-0.4, -0.2) is 12.5 Å². The van der Waals surface area contributed by atoms with Crippen molar-refractivity contribution in [2.75, 3.05) is 6.54 Å². The first-order valence-corrected chi connectivity index (χ1v) is 9.81. The van der Waals surface area contributed by atoms with E-state index in [0.717, 1.165) is 22.3 Å². The molecule has 146 valence electrons. The Kier molecular flexibility index (Phi) is 5.73. The molecule has 0 radical (unpaired) electrons. The molecule has 3 aromatic carbocycles. The van der Waals surface area contributed by atoms with Gasteiger partial charge >= 0.3 is 0 Å². The van der Waals surface area contributed by atoms with E-state index in [9.17, 15) is 4.79 Å². The predicted molar refractivity (Wildman–Crippen MR) is 116 cm³/mol. The Morgan fingerprint density at radius 1 is 0.897 bits per heavy atom. The summed E-state index contributed by atoms with van der Waals surface area (Å²) >= 11 is 0. The van der Waals surface area contributed by atoms with E-state index in [1.807, 2.05) is 67.6 Å². The van der Waals surface area contributed by atoms with Gasteiger partial charge in [0.2, 0.25) is 5.91 Å². The number of hydrogen-bond acceptors (Lipinski definition) is 3. The fourth-order valence-corrected chi connectivity index (χ4v) is 3.68. The van der Waals surface area contributed by atoms with Gasteiger partial charge < -0.3 is 9.73 Å². The van der Waals surface area contributed by atoms with E-state index in [1.54, 1.807) is 6.26 Å². The molecule has 0 aliphatic heterocycles. The van der Waals surface area contributed by atoms with Crippen LogP contribution in [0.3, 0.4) is 0 Å². The van der Waals surface area contributed by atoms with Crippen LogP contribution in [0.25, 0.3) is 10.8 Å². The van der Waals surface area contributed by atoms with Crippen molar-refractivity contribution in [1.82, 2.24) is 10.6 Å². The Morgan fingerprint density at radius 3 is 2.45 bits per heavy atom. The molecule has 1 heterocycles. The number of furan rings is 1. The highest BCUT2D eigenvalue weighted by Gasteiger charge is 2.18. The number of fused-ring (bicyclic) bond motifs is 1. The zero-order valence-corrected chi connectivity index (χ0v) is 16.3. The minimum atomic E-state index is -0.176. The Labute approximate surface area is 170 Å². The topological polar surface area (TPSA) is 54.3 Å². The second kappa shape index (κ2) is 8.76. The van der Waals surface area contributed by atoms with Gasteiger partial charge in [0.15, 0.2) is 0 Å². The zero-order chi connectivity index (χ0) is 20.1. The first-order valence-electron chi connectivity index (χ1n) is 9.81. The molecule has 0 aliphatic rings. The van der Waals surface area contributed by atoms with Crippen molar-refractivity contribution >= 4 is 16.7 Å². The second-order valence-corrected chi connectivity index (χ2v) is 7.10. The van der Waals surface area contributed by atoms with E-state index in [-0.39, 0.29) is 24.5 Å².